The third-order valence-corrected chi connectivity index (χ3v) is 7.94. The van der Waals surface area contributed by atoms with Crippen LogP contribution >= 0.6 is 0 Å². The van der Waals surface area contributed by atoms with Gasteiger partial charge in [-0.05, 0) is 40.5 Å². The molecule has 202 valence electrons. The first kappa shape index (κ1) is 25.8. The van der Waals surface area contributed by atoms with Gasteiger partial charge in [0.15, 0.2) is 23.3 Å². The van der Waals surface area contributed by atoms with Crippen molar-refractivity contribution in [1.82, 2.24) is 34.9 Å². The minimum absolute atomic E-state index is 0.00197. The molecule has 0 aliphatic carbocycles. The van der Waals surface area contributed by atoms with Gasteiger partial charge >= 0.3 is 6.03 Å². The fraction of sp³-hybridized carbons (Fsp3) is 0.680. The number of fused-ring (bicyclic) bond motifs is 1. The summed E-state index contributed by atoms with van der Waals surface area (Å²) < 4.78 is 25.1. The third kappa shape index (κ3) is 4.77. The molecule has 0 bridgehead atoms. The third-order valence-electron chi connectivity index (χ3n) is 7.94. The minimum atomic E-state index is -0.606. The van der Waals surface area contributed by atoms with Crippen LogP contribution in [-0.2, 0) is 28.2 Å². The largest absolute Gasteiger partial charge is 0.381 e. The summed E-state index contributed by atoms with van der Waals surface area (Å²) in [4.78, 5) is 28.5. The van der Waals surface area contributed by atoms with E-state index in [-0.39, 0.29) is 30.5 Å². The highest BCUT2D eigenvalue weighted by Crippen LogP contribution is 2.42. The van der Waals surface area contributed by atoms with Crippen LogP contribution in [0.5, 0.6) is 0 Å². The highest BCUT2D eigenvalue weighted by Gasteiger charge is 2.47. The number of piperazine rings is 1. The van der Waals surface area contributed by atoms with Crippen LogP contribution in [0.15, 0.2) is 6.20 Å². The number of aromatic nitrogens is 4. The van der Waals surface area contributed by atoms with Crippen LogP contribution in [0.1, 0.15) is 57.6 Å². The minimum Gasteiger partial charge on any atom is -0.381 e. The number of nitrogens with one attached hydrogen (secondary N) is 2. The van der Waals surface area contributed by atoms with E-state index in [2.05, 4.69) is 44.2 Å². The Morgan fingerprint density at radius 2 is 2.00 bits per heavy atom. The molecule has 0 aromatic carbocycles. The van der Waals surface area contributed by atoms with Crippen LogP contribution in [0, 0.1) is 5.82 Å². The molecule has 5 rings (SSSR count). The standard InChI is InChI=1S/C25H37FN8O3/c1-15-12-33(16(2)11-32(15)17-6-8-37-9-7-17)24(35)34-13-18-21(25(34,3)4)30-31-22(18)29-23-19(26)10-27-20(28-23)14-36-5/h10,15-17H,6-9,11-14H2,1-5H3,(H2,27,28,29,30,31)/t15-,16+/m1/s1. The van der Waals surface area contributed by atoms with Crippen molar-refractivity contribution < 1.29 is 18.7 Å². The zero-order valence-electron chi connectivity index (χ0n) is 22.3. The maximum absolute atomic E-state index is 14.5. The van der Waals surface area contributed by atoms with Gasteiger partial charge in [-0.3, -0.25) is 10.00 Å². The van der Waals surface area contributed by atoms with E-state index < -0.39 is 11.4 Å². The monoisotopic (exact) mass is 516 g/mol. The van der Waals surface area contributed by atoms with Gasteiger partial charge in [0.25, 0.3) is 0 Å². The molecule has 2 atom stereocenters. The second-order valence-electron chi connectivity index (χ2n) is 10.8. The number of methoxy groups -OCH3 is 1. The first-order chi connectivity index (χ1) is 17.7. The lowest BCUT2D eigenvalue weighted by molar-refractivity contribution is -0.0237. The Morgan fingerprint density at radius 3 is 2.73 bits per heavy atom. The molecule has 2 fully saturated rings. The molecule has 0 radical (unpaired) electrons. The fourth-order valence-electron chi connectivity index (χ4n) is 5.83. The number of rotatable bonds is 5. The topological polar surface area (TPSA) is 112 Å². The summed E-state index contributed by atoms with van der Waals surface area (Å²) >= 11 is 0. The second-order valence-corrected chi connectivity index (χ2v) is 10.8. The lowest BCUT2D eigenvalue weighted by atomic mass is 9.99. The van der Waals surface area contributed by atoms with Crippen LogP contribution in [0.2, 0.25) is 0 Å². The van der Waals surface area contributed by atoms with Crippen LogP contribution in [-0.4, -0.2) is 92.4 Å². The molecule has 12 heteroatoms. The zero-order valence-corrected chi connectivity index (χ0v) is 22.3. The van der Waals surface area contributed by atoms with E-state index in [0.717, 1.165) is 50.1 Å². The quantitative estimate of drug-likeness (QED) is 0.624. The zero-order chi connectivity index (χ0) is 26.3. The SMILES string of the molecule is COCc1ncc(F)c(Nc2n[nH]c3c2CN(C(=O)N2C[C@@H](C)N(C4CCOCC4)C[C@@H]2C)C3(C)C)n1. The van der Waals surface area contributed by atoms with E-state index >= 15 is 0 Å². The number of hydrogen-bond acceptors (Lipinski definition) is 8. The summed E-state index contributed by atoms with van der Waals surface area (Å²) in [6.07, 6.45) is 3.20. The van der Waals surface area contributed by atoms with Crippen molar-refractivity contribution in [1.29, 1.82) is 0 Å². The van der Waals surface area contributed by atoms with E-state index in [9.17, 15) is 9.18 Å². The summed E-state index contributed by atoms with van der Waals surface area (Å²) in [5.74, 6) is 0.237. The molecule has 3 aliphatic heterocycles. The Balaban J connectivity index is 1.32. The van der Waals surface area contributed by atoms with Crippen LogP contribution in [0.4, 0.5) is 20.8 Å². The number of ether oxygens (including phenoxy) is 2. The predicted molar refractivity (Wildman–Crippen MR) is 135 cm³/mol. The summed E-state index contributed by atoms with van der Waals surface area (Å²) in [6.45, 7) is 12.0. The lowest BCUT2D eigenvalue weighted by Gasteiger charge is -2.49. The molecule has 2 aromatic heterocycles. The molecule has 0 spiro atoms. The number of amides is 2. The molecule has 11 nitrogen and oxygen atoms in total. The van der Waals surface area contributed by atoms with Gasteiger partial charge in [-0.2, -0.15) is 5.10 Å². The Kier molecular flexibility index (Phi) is 7.08. The number of H-pyrrole nitrogens is 1. The van der Waals surface area contributed by atoms with E-state index in [1.165, 1.54) is 7.11 Å². The number of carbonyl (C=O) groups is 1. The molecule has 2 amide bonds. The molecule has 3 aliphatic rings. The smallest absolute Gasteiger partial charge is 0.321 e. The van der Waals surface area contributed by atoms with Crippen molar-refractivity contribution in [3.63, 3.8) is 0 Å². The first-order valence-corrected chi connectivity index (χ1v) is 13.0. The molecule has 0 saturated carbocycles. The Labute approximate surface area is 216 Å². The van der Waals surface area contributed by atoms with Gasteiger partial charge in [0.05, 0.1) is 24.0 Å². The van der Waals surface area contributed by atoms with Gasteiger partial charge in [0.2, 0.25) is 0 Å². The molecule has 2 aromatic rings. The van der Waals surface area contributed by atoms with E-state index in [1.54, 1.807) is 0 Å². The normalized spacial score (nSPS) is 24.4. The van der Waals surface area contributed by atoms with Crippen molar-refractivity contribution in [2.75, 3.05) is 38.7 Å². The molecule has 5 heterocycles. The first-order valence-electron chi connectivity index (χ1n) is 13.0. The molecular formula is C25H37FN8O3. The number of carbonyl (C=O) groups excluding carboxylic acids is 1. The van der Waals surface area contributed by atoms with Gasteiger partial charge < -0.3 is 24.6 Å². The van der Waals surface area contributed by atoms with Crippen molar-refractivity contribution in [2.45, 2.75) is 77.4 Å². The lowest BCUT2D eigenvalue weighted by Crippen LogP contribution is -2.63. The maximum Gasteiger partial charge on any atom is 0.321 e. The average molecular weight is 517 g/mol. The number of anilines is 2. The van der Waals surface area contributed by atoms with E-state index in [0.29, 0.717) is 30.8 Å². The van der Waals surface area contributed by atoms with Gasteiger partial charge in [-0.25, -0.2) is 19.2 Å². The molecule has 37 heavy (non-hydrogen) atoms. The second kappa shape index (κ2) is 10.1. The molecule has 0 unspecified atom stereocenters. The highest BCUT2D eigenvalue weighted by molar-refractivity contribution is 5.78. The van der Waals surface area contributed by atoms with Gasteiger partial charge in [0, 0.05) is 57.1 Å². The van der Waals surface area contributed by atoms with Crippen LogP contribution in [0.25, 0.3) is 0 Å². The summed E-state index contributed by atoms with van der Waals surface area (Å²) in [5.41, 5.74) is 1.05. The summed E-state index contributed by atoms with van der Waals surface area (Å²) in [7, 11) is 1.53. The van der Waals surface area contributed by atoms with E-state index in [4.69, 9.17) is 9.47 Å². The Morgan fingerprint density at radius 1 is 1.24 bits per heavy atom. The van der Waals surface area contributed by atoms with Crippen molar-refractivity contribution in [3.05, 3.63) is 29.1 Å². The summed E-state index contributed by atoms with van der Waals surface area (Å²) in [5, 5.41) is 10.4. The van der Waals surface area contributed by atoms with E-state index in [1.807, 2.05) is 23.6 Å². The van der Waals surface area contributed by atoms with Crippen molar-refractivity contribution in [3.8, 4) is 0 Å². The maximum atomic E-state index is 14.5. The average Bonchev–Trinajstić information content (AvgIpc) is 3.40. The fourth-order valence-corrected chi connectivity index (χ4v) is 5.83. The van der Waals surface area contributed by atoms with Crippen LogP contribution in [0.3, 0.4) is 0 Å². The Bertz CT molecular complexity index is 1140. The number of aromatic amines is 1. The van der Waals surface area contributed by atoms with Gasteiger partial charge in [-0.1, -0.05) is 0 Å². The van der Waals surface area contributed by atoms with Gasteiger partial charge in [0.1, 0.15) is 6.61 Å². The molecule has 2 N–H and O–H groups in total. The number of urea groups is 1. The summed E-state index contributed by atoms with van der Waals surface area (Å²) in [6, 6.07) is 0.874. The van der Waals surface area contributed by atoms with Crippen molar-refractivity contribution in [2.24, 2.45) is 0 Å². The predicted octanol–water partition coefficient (Wildman–Crippen LogP) is 2.97. The van der Waals surface area contributed by atoms with Gasteiger partial charge in [-0.15, -0.1) is 0 Å². The Hall–Kier alpha value is -2.83. The molecular weight excluding hydrogens is 479 g/mol. The molecule has 2 saturated heterocycles. The van der Waals surface area contributed by atoms with Crippen LogP contribution < -0.4 is 5.32 Å². The number of halogens is 1. The number of nitrogens with zero attached hydrogens (tertiary/aromatic N) is 6. The number of hydrogen-bond donors (Lipinski definition) is 2. The highest BCUT2D eigenvalue weighted by atomic mass is 19.1. The van der Waals surface area contributed by atoms with Crippen molar-refractivity contribution >= 4 is 17.7 Å².